The van der Waals surface area contributed by atoms with Gasteiger partial charge in [-0.3, -0.25) is 0 Å². The number of alkyl halides is 1. The summed E-state index contributed by atoms with van der Waals surface area (Å²) in [4.78, 5) is 7.68. The Morgan fingerprint density at radius 3 is 2.58 bits per heavy atom. The van der Waals surface area contributed by atoms with Crippen LogP contribution in [0.25, 0.3) is 0 Å². The van der Waals surface area contributed by atoms with E-state index >= 15 is 0 Å². The average Bonchev–Trinajstić information content (AvgIpc) is 2.09. The maximum atomic E-state index is 5.57. The standard InChI is InChI=1S/C7H8Cl2N2O/c8-2-1-3-12-7-10-4-6(9)5-11-7/h4-5H,1-3H2. The van der Waals surface area contributed by atoms with E-state index in [0.717, 1.165) is 6.42 Å². The maximum Gasteiger partial charge on any atom is 0.316 e. The van der Waals surface area contributed by atoms with Gasteiger partial charge >= 0.3 is 6.01 Å². The van der Waals surface area contributed by atoms with Gasteiger partial charge in [0.1, 0.15) is 0 Å². The molecule has 0 N–H and O–H groups in total. The first-order valence-corrected chi connectivity index (χ1v) is 4.40. The van der Waals surface area contributed by atoms with Crippen LogP contribution in [0.15, 0.2) is 12.4 Å². The van der Waals surface area contributed by atoms with E-state index in [0.29, 0.717) is 23.5 Å². The lowest BCUT2D eigenvalue weighted by atomic mass is 10.5. The molecule has 5 heteroatoms. The fraction of sp³-hybridized carbons (Fsp3) is 0.429. The van der Waals surface area contributed by atoms with Crippen LogP contribution in [-0.4, -0.2) is 22.5 Å². The molecule has 0 saturated heterocycles. The van der Waals surface area contributed by atoms with E-state index in [-0.39, 0.29) is 0 Å². The monoisotopic (exact) mass is 206 g/mol. The maximum absolute atomic E-state index is 5.57. The highest BCUT2D eigenvalue weighted by atomic mass is 35.5. The number of rotatable bonds is 4. The molecule has 1 aromatic heterocycles. The van der Waals surface area contributed by atoms with Gasteiger partial charge in [-0.1, -0.05) is 11.6 Å². The molecule has 12 heavy (non-hydrogen) atoms. The second kappa shape index (κ2) is 5.17. The number of hydrogen-bond donors (Lipinski definition) is 0. The third-order valence-electron chi connectivity index (χ3n) is 1.11. The zero-order valence-electron chi connectivity index (χ0n) is 6.33. The first-order valence-electron chi connectivity index (χ1n) is 3.49. The van der Waals surface area contributed by atoms with Crippen LogP contribution in [0.1, 0.15) is 6.42 Å². The number of ether oxygens (including phenoxy) is 1. The van der Waals surface area contributed by atoms with Gasteiger partial charge in [-0.2, -0.15) is 0 Å². The minimum Gasteiger partial charge on any atom is -0.463 e. The molecule has 0 amide bonds. The molecular weight excluding hydrogens is 199 g/mol. The summed E-state index contributed by atoms with van der Waals surface area (Å²) in [6.45, 7) is 0.533. The van der Waals surface area contributed by atoms with Gasteiger partial charge in [0.25, 0.3) is 0 Å². The van der Waals surface area contributed by atoms with E-state index in [9.17, 15) is 0 Å². The third-order valence-corrected chi connectivity index (χ3v) is 1.57. The van der Waals surface area contributed by atoms with Crippen molar-refractivity contribution in [3.63, 3.8) is 0 Å². The van der Waals surface area contributed by atoms with Crippen molar-refractivity contribution in [2.75, 3.05) is 12.5 Å². The average molecular weight is 207 g/mol. The van der Waals surface area contributed by atoms with Crippen LogP contribution in [0, 0.1) is 0 Å². The minimum absolute atomic E-state index is 0.338. The van der Waals surface area contributed by atoms with Crippen molar-refractivity contribution >= 4 is 23.2 Å². The molecule has 0 atom stereocenters. The van der Waals surface area contributed by atoms with E-state index in [4.69, 9.17) is 27.9 Å². The van der Waals surface area contributed by atoms with E-state index in [1.165, 1.54) is 12.4 Å². The summed E-state index contributed by atoms with van der Waals surface area (Å²) in [5, 5.41) is 0.500. The Bertz CT molecular complexity index is 227. The summed E-state index contributed by atoms with van der Waals surface area (Å²) in [7, 11) is 0. The lowest BCUT2D eigenvalue weighted by Gasteiger charge is -2.00. The van der Waals surface area contributed by atoms with E-state index in [1.807, 2.05) is 0 Å². The molecule has 0 aromatic carbocycles. The molecule has 1 aromatic rings. The Labute approximate surface area is 80.7 Å². The number of nitrogens with zero attached hydrogens (tertiary/aromatic N) is 2. The fourth-order valence-corrected chi connectivity index (χ4v) is 0.800. The Morgan fingerprint density at radius 2 is 2.00 bits per heavy atom. The van der Waals surface area contributed by atoms with Gasteiger partial charge in [0.2, 0.25) is 0 Å². The summed E-state index contributed by atoms with van der Waals surface area (Å²) in [6, 6.07) is 0.338. The van der Waals surface area contributed by atoms with Crippen LogP contribution < -0.4 is 4.74 Å². The van der Waals surface area contributed by atoms with E-state index < -0.39 is 0 Å². The molecule has 0 aliphatic carbocycles. The van der Waals surface area contributed by atoms with Crippen LogP contribution in [-0.2, 0) is 0 Å². The molecule has 1 heterocycles. The first-order chi connectivity index (χ1) is 5.83. The summed E-state index contributed by atoms with van der Waals surface area (Å²) < 4.78 is 5.14. The molecule has 1 rings (SSSR count). The van der Waals surface area contributed by atoms with Crippen LogP contribution >= 0.6 is 23.2 Å². The Hall–Kier alpha value is -0.540. The van der Waals surface area contributed by atoms with Gasteiger partial charge in [-0.05, 0) is 6.42 Å². The summed E-state index contributed by atoms with van der Waals surface area (Å²) in [5.74, 6) is 0.577. The van der Waals surface area contributed by atoms with Crippen LogP contribution in [0.2, 0.25) is 5.02 Å². The minimum atomic E-state index is 0.338. The van der Waals surface area contributed by atoms with Crippen molar-refractivity contribution in [2.24, 2.45) is 0 Å². The molecule has 0 aliphatic heterocycles. The predicted octanol–water partition coefficient (Wildman–Crippen LogP) is 2.14. The van der Waals surface area contributed by atoms with Crippen molar-refractivity contribution in [1.29, 1.82) is 0 Å². The van der Waals surface area contributed by atoms with E-state index in [2.05, 4.69) is 9.97 Å². The van der Waals surface area contributed by atoms with Gasteiger partial charge in [-0.15, -0.1) is 11.6 Å². The summed E-state index contributed by atoms with van der Waals surface area (Å²) in [6.07, 6.45) is 3.77. The predicted molar refractivity (Wildman–Crippen MR) is 47.9 cm³/mol. The van der Waals surface area contributed by atoms with Crippen molar-refractivity contribution in [3.05, 3.63) is 17.4 Å². The van der Waals surface area contributed by atoms with Gasteiger partial charge in [0.15, 0.2) is 0 Å². The van der Waals surface area contributed by atoms with Crippen LogP contribution in [0.4, 0.5) is 0 Å². The van der Waals surface area contributed by atoms with Crippen molar-refractivity contribution in [3.8, 4) is 6.01 Å². The van der Waals surface area contributed by atoms with Crippen LogP contribution in [0.3, 0.4) is 0 Å². The fourth-order valence-electron chi connectivity index (χ4n) is 0.593. The number of aromatic nitrogens is 2. The Balaban J connectivity index is 2.37. The van der Waals surface area contributed by atoms with Crippen LogP contribution in [0.5, 0.6) is 6.01 Å². The molecule has 0 aliphatic rings. The molecule has 0 bridgehead atoms. The quantitative estimate of drug-likeness (QED) is 0.560. The molecule has 0 spiro atoms. The van der Waals surface area contributed by atoms with Gasteiger partial charge in [0.05, 0.1) is 24.0 Å². The SMILES string of the molecule is ClCCCOc1ncc(Cl)cn1. The normalized spacial score (nSPS) is 9.83. The Kier molecular flexibility index (Phi) is 4.11. The van der Waals surface area contributed by atoms with Gasteiger partial charge < -0.3 is 4.74 Å². The molecule has 66 valence electrons. The molecule has 0 saturated carbocycles. The highest BCUT2D eigenvalue weighted by Crippen LogP contribution is 2.07. The highest BCUT2D eigenvalue weighted by molar-refractivity contribution is 6.30. The highest BCUT2D eigenvalue weighted by Gasteiger charge is 1.95. The number of hydrogen-bond acceptors (Lipinski definition) is 3. The molecule has 0 unspecified atom stereocenters. The van der Waals surface area contributed by atoms with E-state index in [1.54, 1.807) is 0 Å². The second-order valence-corrected chi connectivity index (χ2v) is 2.89. The molecular formula is C7H8Cl2N2O. The second-order valence-electron chi connectivity index (χ2n) is 2.07. The third kappa shape index (κ3) is 3.24. The topological polar surface area (TPSA) is 35.0 Å². The molecule has 0 radical (unpaired) electrons. The van der Waals surface area contributed by atoms with Crippen molar-refractivity contribution < 1.29 is 4.74 Å². The zero-order chi connectivity index (χ0) is 8.81. The summed E-state index contributed by atoms with van der Waals surface area (Å²) >= 11 is 11.0. The van der Waals surface area contributed by atoms with Crippen molar-refractivity contribution in [2.45, 2.75) is 6.42 Å². The first kappa shape index (κ1) is 9.55. The lowest BCUT2D eigenvalue weighted by Crippen LogP contribution is -2.00. The van der Waals surface area contributed by atoms with Gasteiger partial charge in [-0.25, -0.2) is 9.97 Å². The number of halogens is 2. The smallest absolute Gasteiger partial charge is 0.316 e. The molecule has 3 nitrogen and oxygen atoms in total. The van der Waals surface area contributed by atoms with Gasteiger partial charge in [0, 0.05) is 5.88 Å². The zero-order valence-corrected chi connectivity index (χ0v) is 7.85. The molecule has 0 fully saturated rings. The lowest BCUT2D eigenvalue weighted by molar-refractivity contribution is 0.293. The summed E-state index contributed by atoms with van der Waals surface area (Å²) in [5.41, 5.74) is 0. The Morgan fingerprint density at radius 1 is 1.33 bits per heavy atom. The largest absolute Gasteiger partial charge is 0.463 e. The van der Waals surface area contributed by atoms with Crippen molar-refractivity contribution in [1.82, 2.24) is 9.97 Å².